The summed E-state index contributed by atoms with van der Waals surface area (Å²) in [7, 11) is 0. The lowest BCUT2D eigenvalue weighted by Gasteiger charge is -2.25. The number of carbonyl (C=O) groups is 2. The number of hydrogen-bond donors (Lipinski definition) is 2. The van der Waals surface area contributed by atoms with Gasteiger partial charge in [-0.15, -0.1) is 0 Å². The Hall–Kier alpha value is -1.10. The molecule has 0 radical (unpaired) electrons. The SMILES string of the molecule is CC(C)N(CC(N)=O)C(=O)CNCC1CC1. The van der Waals surface area contributed by atoms with Crippen molar-refractivity contribution >= 4 is 11.8 Å². The van der Waals surface area contributed by atoms with Gasteiger partial charge in [-0.1, -0.05) is 0 Å². The first-order valence-corrected chi connectivity index (χ1v) is 5.79. The van der Waals surface area contributed by atoms with E-state index in [9.17, 15) is 9.59 Å². The van der Waals surface area contributed by atoms with Gasteiger partial charge in [-0.3, -0.25) is 9.59 Å². The van der Waals surface area contributed by atoms with E-state index in [0.717, 1.165) is 12.5 Å². The van der Waals surface area contributed by atoms with Crippen molar-refractivity contribution in [3.63, 3.8) is 0 Å². The fraction of sp³-hybridized carbons (Fsp3) is 0.818. The zero-order chi connectivity index (χ0) is 12.1. The molecule has 1 aliphatic carbocycles. The molecule has 0 spiro atoms. The second-order valence-electron chi connectivity index (χ2n) is 4.66. The fourth-order valence-electron chi connectivity index (χ4n) is 1.53. The van der Waals surface area contributed by atoms with Crippen LogP contribution in [0.25, 0.3) is 0 Å². The smallest absolute Gasteiger partial charge is 0.237 e. The number of nitrogens with zero attached hydrogens (tertiary/aromatic N) is 1. The van der Waals surface area contributed by atoms with E-state index in [1.54, 1.807) is 0 Å². The predicted molar refractivity (Wildman–Crippen MR) is 61.6 cm³/mol. The summed E-state index contributed by atoms with van der Waals surface area (Å²) in [5, 5.41) is 3.11. The highest BCUT2D eigenvalue weighted by molar-refractivity contribution is 5.85. The van der Waals surface area contributed by atoms with Gasteiger partial charge in [-0.25, -0.2) is 0 Å². The van der Waals surface area contributed by atoms with Crippen LogP contribution in [-0.4, -0.2) is 42.4 Å². The quantitative estimate of drug-likeness (QED) is 0.627. The minimum atomic E-state index is -0.468. The van der Waals surface area contributed by atoms with Crippen molar-refractivity contribution < 1.29 is 9.59 Å². The molecule has 2 amide bonds. The standard InChI is InChI=1S/C11H21N3O2/c1-8(2)14(7-10(12)15)11(16)6-13-5-9-3-4-9/h8-9,13H,3-7H2,1-2H3,(H2,12,15). The Labute approximate surface area is 96.4 Å². The molecule has 1 saturated carbocycles. The Kier molecular flexibility index (Phi) is 4.73. The van der Waals surface area contributed by atoms with Crippen LogP contribution in [0.4, 0.5) is 0 Å². The molecule has 0 unspecified atom stereocenters. The lowest BCUT2D eigenvalue weighted by molar-refractivity contribution is -0.136. The van der Waals surface area contributed by atoms with Gasteiger partial charge in [0.1, 0.15) is 0 Å². The van der Waals surface area contributed by atoms with Crippen LogP contribution < -0.4 is 11.1 Å². The molecule has 0 atom stereocenters. The van der Waals surface area contributed by atoms with Crippen LogP contribution in [0.5, 0.6) is 0 Å². The lowest BCUT2D eigenvalue weighted by atomic mass is 10.3. The first-order chi connectivity index (χ1) is 7.50. The van der Waals surface area contributed by atoms with E-state index in [0.29, 0.717) is 6.54 Å². The molecule has 1 aliphatic rings. The Bertz CT molecular complexity index is 262. The summed E-state index contributed by atoms with van der Waals surface area (Å²) in [5.41, 5.74) is 5.10. The maximum atomic E-state index is 11.8. The molecule has 0 aromatic rings. The van der Waals surface area contributed by atoms with E-state index in [4.69, 9.17) is 5.73 Å². The number of rotatable bonds is 7. The molecule has 3 N–H and O–H groups in total. The molecule has 0 bridgehead atoms. The van der Waals surface area contributed by atoms with Crippen molar-refractivity contribution in [3.8, 4) is 0 Å². The van der Waals surface area contributed by atoms with Crippen molar-refractivity contribution in [2.24, 2.45) is 11.7 Å². The Morgan fingerprint density at radius 3 is 2.50 bits per heavy atom. The van der Waals surface area contributed by atoms with Gasteiger partial charge in [0.05, 0.1) is 13.1 Å². The van der Waals surface area contributed by atoms with Crippen molar-refractivity contribution in [1.82, 2.24) is 10.2 Å². The maximum Gasteiger partial charge on any atom is 0.237 e. The van der Waals surface area contributed by atoms with Gasteiger partial charge < -0.3 is 16.0 Å². The highest BCUT2D eigenvalue weighted by Crippen LogP contribution is 2.27. The topological polar surface area (TPSA) is 75.4 Å². The molecule has 0 aliphatic heterocycles. The normalized spacial score (nSPS) is 15.2. The Morgan fingerprint density at radius 1 is 1.44 bits per heavy atom. The van der Waals surface area contributed by atoms with E-state index < -0.39 is 5.91 Å². The third kappa shape index (κ3) is 4.61. The zero-order valence-corrected chi connectivity index (χ0v) is 10.0. The average Bonchev–Trinajstić information content (AvgIpc) is 2.97. The first kappa shape index (κ1) is 13.0. The van der Waals surface area contributed by atoms with Crippen LogP contribution in [0.2, 0.25) is 0 Å². The molecule has 5 heteroatoms. The maximum absolute atomic E-state index is 11.8. The second kappa shape index (κ2) is 5.84. The molecular weight excluding hydrogens is 206 g/mol. The summed E-state index contributed by atoms with van der Waals surface area (Å²) in [6.45, 7) is 4.95. The van der Waals surface area contributed by atoms with Crippen LogP contribution >= 0.6 is 0 Å². The third-order valence-electron chi connectivity index (χ3n) is 2.68. The summed E-state index contributed by atoms with van der Waals surface area (Å²) in [6, 6.07) is 0.00252. The predicted octanol–water partition coefficient (Wildman–Crippen LogP) is -0.292. The van der Waals surface area contributed by atoms with Crippen LogP contribution in [0.15, 0.2) is 0 Å². The van der Waals surface area contributed by atoms with Crippen LogP contribution in [0.1, 0.15) is 26.7 Å². The van der Waals surface area contributed by atoms with Crippen molar-refractivity contribution in [3.05, 3.63) is 0 Å². The van der Waals surface area contributed by atoms with Crippen molar-refractivity contribution in [2.75, 3.05) is 19.6 Å². The van der Waals surface area contributed by atoms with Gasteiger partial charge in [0.25, 0.3) is 0 Å². The lowest BCUT2D eigenvalue weighted by Crippen LogP contribution is -2.46. The van der Waals surface area contributed by atoms with Crippen LogP contribution in [-0.2, 0) is 9.59 Å². The van der Waals surface area contributed by atoms with E-state index in [-0.39, 0.29) is 18.5 Å². The first-order valence-electron chi connectivity index (χ1n) is 5.79. The number of nitrogens with two attached hydrogens (primary N) is 1. The summed E-state index contributed by atoms with van der Waals surface area (Å²) in [4.78, 5) is 24.1. The number of amides is 2. The summed E-state index contributed by atoms with van der Waals surface area (Å²) in [5.74, 6) is 0.218. The van der Waals surface area contributed by atoms with E-state index in [2.05, 4.69) is 5.32 Å². The highest BCUT2D eigenvalue weighted by Gasteiger charge is 2.22. The van der Waals surface area contributed by atoms with Gasteiger partial charge >= 0.3 is 0 Å². The van der Waals surface area contributed by atoms with E-state index in [1.807, 2.05) is 13.8 Å². The molecule has 92 valence electrons. The molecule has 0 saturated heterocycles. The zero-order valence-electron chi connectivity index (χ0n) is 10.0. The Balaban J connectivity index is 2.30. The summed E-state index contributed by atoms with van der Waals surface area (Å²) < 4.78 is 0. The summed E-state index contributed by atoms with van der Waals surface area (Å²) in [6.07, 6.45) is 2.52. The van der Waals surface area contributed by atoms with Gasteiger partial charge in [0.2, 0.25) is 11.8 Å². The molecule has 1 rings (SSSR count). The fourth-order valence-corrected chi connectivity index (χ4v) is 1.53. The van der Waals surface area contributed by atoms with Crippen LogP contribution in [0.3, 0.4) is 0 Å². The van der Waals surface area contributed by atoms with Crippen LogP contribution in [0, 0.1) is 5.92 Å². The molecule has 16 heavy (non-hydrogen) atoms. The number of hydrogen-bond acceptors (Lipinski definition) is 3. The average molecular weight is 227 g/mol. The Morgan fingerprint density at radius 2 is 2.06 bits per heavy atom. The monoisotopic (exact) mass is 227 g/mol. The van der Waals surface area contributed by atoms with Gasteiger partial charge in [0.15, 0.2) is 0 Å². The minimum absolute atomic E-state index is 0.00160. The molecular formula is C11H21N3O2. The summed E-state index contributed by atoms with van der Waals surface area (Å²) >= 11 is 0. The molecule has 0 aromatic carbocycles. The van der Waals surface area contributed by atoms with Gasteiger partial charge in [-0.2, -0.15) is 0 Å². The van der Waals surface area contributed by atoms with E-state index >= 15 is 0 Å². The minimum Gasteiger partial charge on any atom is -0.368 e. The molecule has 5 nitrogen and oxygen atoms in total. The second-order valence-corrected chi connectivity index (χ2v) is 4.66. The number of primary amides is 1. The number of nitrogens with one attached hydrogen (secondary N) is 1. The largest absolute Gasteiger partial charge is 0.368 e. The molecule has 0 aromatic heterocycles. The highest BCUT2D eigenvalue weighted by atomic mass is 16.2. The molecule has 1 fully saturated rings. The number of carbonyl (C=O) groups excluding carboxylic acids is 2. The van der Waals surface area contributed by atoms with Crippen molar-refractivity contribution in [2.45, 2.75) is 32.7 Å². The van der Waals surface area contributed by atoms with E-state index in [1.165, 1.54) is 17.7 Å². The van der Waals surface area contributed by atoms with Gasteiger partial charge in [0, 0.05) is 6.04 Å². The third-order valence-corrected chi connectivity index (χ3v) is 2.68. The van der Waals surface area contributed by atoms with Gasteiger partial charge in [-0.05, 0) is 39.2 Å². The van der Waals surface area contributed by atoms with Crippen molar-refractivity contribution in [1.29, 1.82) is 0 Å². The molecule has 0 heterocycles.